The van der Waals surface area contributed by atoms with Gasteiger partial charge in [0.2, 0.25) is 0 Å². The van der Waals surface area contributed by atoms with Crippen molar-refractivity contribution in [3.8, 4) is 0 Å². The summed E-state index contributed by atoms with van der Waals surface area (Å²) in [7, 11) is 0. The van der Waals surface area contributed by atoms with Crippen molar-refractivity contribution in [1.82, 2.24) is 0 Å². The highest BCUT2D eigenvalue weighted by molar-refractivity contribution is 9.10. The molecule has 0 aliphatic heterocycles. The molecular weight excluding hydrogens is 328 g/mol. The van der Waals surface area contributed by atoms with Crippen LogP contribution in [0.5, 0.6) is 0 Å². The van der Waals surface area contributed by atoms with Crippen molar-refractivity contribution in [3.63, 3.8) is 0 Å². The molecule has 100 valence electrons. The Kier molecular flexibility index (Phi) is 3.91. The molecule has 0 amide bonds. The summed E-state index contributed by atoms with van der Waals surface area (Å²) in [5.74, 6) is -3.97. The van der Waals surface area contributed by atoms with Crippen LogP contribution >= 0.6 is 15.9 Å². The first-order chi connectivity index (χ1) is 8.91. The number of rotatable bonds is 2. The zero-order valence-electron chi connectivity index (χ0n) is 9.30. The fourth-order valence-corrected chi connectivity index (χ4v) is 2.02. The van der Waals surface area contributed by atoms with Crippen LogP contribution < -0.4 is 0 Å². The van der Waals surface area contributed by atoms with Crippen molar-refractivity contribution in [2.75, 3.05) is 0 Å². The number of benzene rings is 2. The SMILES string of the molecule is OC(c1ccc(F)cc1F)c1c(F)ccc(Br)c1F. The number of halogens is 5. The molecule has 0 bridgehead atoms. The van der Waals surface area contributed by atoms with Gasteiger partial charge in [-0.15, -0.1) is 0 Å². The first-order valence-electron chi connectivity index (χ1n) is 5.18. The molecule has 1 nitrogen and oxygen atoms in total. The molecule has 0 aromatic heterocycles. The fourth-order valence-electron chi connectivity index (χ4n) is 1.67. The van der Waals surface area contributed by atoms with Gasteiger partial charge in [-0.3, -0.25) is 0 Å². The molecule has 0 aliphatic rings. The van der Waals surface area contributed by atoms with Crippen molar-refractivity contribution < 1.29 is 22.7 Å². The molecule has 2 aromatic carbocycles. The Morgan fingerprint density at radius 1 is 0.947 bits per heavy atom. The number of hydrogen-bond donors (Lipinski definition) is 1. The largest absolute Gasteiger partial charge is 0.383 e. The molecule has 6 heteroatoms. The minimum atomic E-state index is -1.86. The van der Waals surface area contributed by atoms with Crippen LogP contribution in [0.1, 0.15) is 17.2 Å². The van der Waals surface area contributed by atoms with Gasteiger partial charge < -0.3 is 5.11 Å². The third-order valence-electron chi connectivity index (χ3n) is 2.61. The molecule has 0 fully saturated rings. The van der Waals surface area contributed by atoms with Crippen molar-refractivity contribution in [3.05, 3.63) is 69.2 Å². The Balaban J connectivity index is 2.56. The van der Waals surface area contributed by atoms with Gasteiger partial charge in [0, 0.05) is 11.6 Å². The zero-order chi connectivity index (χ0) is 14.2. The second-order valence-corrected chi connectivity index (χ2v) is 4.68. The summed E-state index contributed by atoms with van der Waals surface area (Å²) in [6.45, 7) is 0. The second-order valence-electron chi connectivity index (χ2n) is 3.83. The highest BCUT2D eigenvalue weighted by atomic mass is 79.9. The smallest absolute Gasteiger partial charge is 0.146 e. The Morgan fingerprint density at radius 2 is 1.63 bits per heavy atom. The van der Waals surface area contributed by atoms with Gasteiger partial charge in [-0.1, -0.05) is 6.07 Å². The van der Waals surface area contributed by atoms with Gasteiger partial charge in [-0.25, -0.2) is 17.6 Å². The number of aliphatic hydroxyl groups is 1. The molecule has 1 unspecified atom stereocenters. The Hall–Kier alpha value is -1.40. The molecule has 2 aromatic rings. The van der Waals surface area contributed by atoms with Crippen LogP contribution in [0.2, 0.25) is 0 Å². The quantitative estimate of drug-likeness (QED) is 0.648. The molecule has 1 atom stereocenters. The molecule has 0 heterocycles. The van der Waals surface area contributed by atoms with Crippen LogP contribution in [0, 0.1) is 23.3 Å². The highest BCUT2D eigenvalue weighted by Crippen LogP contribution is 2.31. The van der Waals surface area contributed by atoms with E-state index in [1.165, 1.54) is 0 Å². The summed E-state index contributed by atoms with van der Waals surface area (Å²) >= 11 is 2.84. The fraction of sp³-hybridized carbons (Fsp3) is 0.0769. The van der Waals surface area contributed by atoms with E-state index in [2.05, 4.69) is 15.9 Å². The molecule has 0 saturated heterocycles. The minimum Gasteiger partial charge on any atom is -0.383 e. The Bertz CT molecular complexity index is 630. The molecule has 19 heavy (non-hydrogen) atoms. The summed E-state index contributed by atoms with van der Waals surface area (Å²) < 4.78 is 53.5. The monoisotopic (exact) mass is 334 g/mol. The summed E-state index contributed by atoms with van der Waals surface area (Å²) in [6.07, 6.45) is -1.86. The topological polar surface area (TPSA) is 20.2 Å². The normalized spacial score (nSPS) is 12.5. The van der Waals surface area contributed by atoms with Crippen LogP contribution in [0.25, 0.3) is 0 Å². The molecule has 1 N–H and O–H groups in total. The van der Waals surface area contributed by atoms with Crippen LogP contribution in [0.15, 0.2) is 34.8 Å². The second kappa shape index (κ2) is 5.30. The van der Waals surface area contributed by atoms with Crippen molar-refractivity contribution >= 4 is 15.9 Å². The van der Waals surface area contributed by atoms with Crippen LogP contribution in [-0.4, -0.2) is 5.11 Å². The van der Waals surface area contributed by atoms with Gasteiger partial charge in [0.1, 0.15) is 29.4 Å². The van der Waals surface area contributed by atoms with Gasteiger partial charge in [0.05, 0.1) is 10.0 Å². The molecule has 0 saturated carbocycles. The van der Waals surface area contributed by atoms with Gasteiger partial charge in [-0.05, 0) is 34.1 Å². The Labute approximate surface area is 114 Å². The first kappa shape index (κ1) is 14.0. The predicted octanol–water partition coefficient (Wildman–Crippen LogP) is 4.09. The number of aliphatic hydroxyl groups excluding tert-OH is 1. The lowest BCUT2D eigenvalue weighted by atomic mass is 10.00. The molecule has 0 aliphatic carbocycles. The average molecular weight is 335 g/mol. The van der Waals surface area contributed by atoms with E-state index in [0.717, 1.165) is 24.3 Å². The average Bonchev–Trinajstić information content (AvgIpc) is 2.34. The Morgan fingerprint density at radius 3 is 2.26 bits per heavy atom. The third-order valence-corrected chi connectivity index (χ3v) is 3.22. The summed E-state index contributed by atoms with van der Waals surface area (Å²) in [5.41, 5.74) is -1.10. The lowest BCUT2D eigenvalue weighted by Crippen LogP contribution is -2.08. The van der Waals surface area contributed by atoms with Gasteiger partial charge >= 0.3 is 0 Å². The minimum absolute atomic E-state index is 0.0644. The maximum atomic E-state index is 13.8. The molecule has 2 rings (SSSR count). The molecular formula is C13H7BrF4O. The predicted molar refractivity (Wildman–Crippen MR) is 64.5 cm³/mol. The summed E-state index contributed by atoms with van der Waals surface area (Å²) in [6, 6.07) is 4.44. The van der Waals surface area contributed by atoms with Crippen molar-refractivity contribution in [1.29, 1.82) is 0 Å². The van der Waals surface area contributed by atoms with E-state index >= 15 is 0 Å². The lowest BCUT2D eigenvalue weighted by molar-refractivity contribution is 0.203. The summed E-state index contributed by atoms with van der Waals surface area (Å²) in [5, 5.41) is 9.89. The van der Waals surface area contributed by atoms with E-state index in [0.29, 0.717) is 6.07 Å². The molecule has 0 radical (unpaired) electrons. The number of hydrogen-bond acceptors (Lipinski definition) is 1. The standard InChI is InChI=1S/C13H7BrF4O/c14-8-3-4-9(16)11(12(8)18)13(19)7-2-1-6(15)5-10(7)17/h1-5,13,19H. The third kappa shape index (κ3) is 2.64. The van der Waals surface area contributed by atoms with E-state index in [-0.39, 0.29) is 4.47 Å². The van der Waals surface area contributed by atoms with E-state index in [9.17, 15) is 22.7 Å². The van der Waals surface area contributed by atoms with Crippen LogP contribution in [0.3, 0.4) is 0 Å². The van der Waals surface area contributed by atoms with Gasteiger partial charge in [0.15, 0.2) is 0 Å². The lowest BCUT2D eigenvalue weighted by Gasteiger charge is -2.15. The van der Waals surface area contributed by atoms with E-state index < -0.39 is 40.5 Å². The molecule has 0 spiro atoms. The van der Waals surface area contributed by atoms with Gasteiger partial charge in [-0.2, -0.15) is 0 Å². The van der Waals surface area contributed by atoms with E-state index in [1.54, 1.807) is 0 Å². The summed E-state index contributed by atoms with van der Waals surface area (Å²) in [4.78, 5) is 0. The van der Waals surface area contributed by atoms with Crippen LogP contribution in [0.4, 0.5) is 17.6 Å². The van der Waals surface area contributed by atoms with Gasteiger partial charge in [0.25, 0.3) is 0 Å². The first-order valence-corrected chi connectivity index (χ1v) is 5.97. The van der Waals surface area contributed by atoms with E-state index in [1.807, 2.05) is 0 Å². The van der Waals surface area contributed by atoms with E-state index in [4.69, 9.17) is 0 Å². The maximum absolute atomic E-state index is 13.8. The highest BCUT2D eigenvalue weighted by Gasteiger charge is 2.24. The maximum Gasteiger partial charge on any atom is 0.146 e. The van der Waals surface area contributed by atoms with Crippen molar-refractivity contribution in [2.45, 2.75) is 6.10 Å². The van der Waals surface area contributed by atoms with Crippen LogP contribution in [-0.2, 0) is 0 Å². The zero-order valence-corrected chi connectivity index (χ0v) is 10.9. The van der Waals surface area contributed by atoms with Crippen molar-refractivity contribution in [2.24, 2.45) is 0 Å².